The molecular formula is C18H14BrN3O4. The normalized spacial score (nSPS) is 10.5. The summed E-state index contributed by atoms with van der Waals surface area (Å²) >= 11 is 3.37. The van der Waals surface area contributed by atoms with Crippen LogP contribution in [0, 0.1) is 10.1 Å². The standard InChI is InChI=1S/C18H14BrN3O4/c1-2-26-18(23)11-4-3-5-13(8-11)21-17-14-7-6-12(19)9-15(14)20-10-16(17)22(24)25/h3-10H,2H2,1H3,(H,20,21). The molecule has 0 atom stereocenters. The average Bonchev–Trinajstić information content (AvgIpc) is 2.62. The van der Waals surface area contributed by atoms with Crippen LogP contribution in [0.5, 0.6) is 0 Å². The van der Waals surface area contributed by atoms with Gasteiger partial charge in [0.15, 0.2) is 0 Å². The number of anilines is 2. The second-order valence-electron chi connectivity index (χ2n) is 5.36. The SMILES string of the molecule is CCOC(=O)c1cccc(Nc2c([N+](=O)[O-])cnc3cc(Br)ccc23)c1. The van der Waals surface area contributed by atoms with E-state index in [-0.39, 0.29) is 12.3 Å². The van der Waals surface area contributed by atoms with E-state index in [9.17, 15) is 14.9 Å². The lowest BCUT2D eigenvalue weighted by atomic mass is 10.1. The van der Waals surface area contributed by atoms with Gasteiger partial charge in [-0.25, -0.2) is 9.78 Å². The van der Waals surface area contributed by atoms with Gasteiger partial charge in [0, 0.05) is 15.5 Å². The number of halogens is 1. The largest absolute Gasteiger partial charge is 0.462 e. The van der Waals surface area contributed by atoms with Crippen LogP contribution in [0.4, 0.5) is 17.1 Å². The summed E-state index contributed by atoms with van der Waals surface area (Å²) in [7, 11) is 0. The highest BCUT2D eigenvalue weighted by molar-refractivity contribution is 9.10. The highest BCUT2D eigenvalue weighted by Gasteiger charge is 2.19. The lowest BCUT2D eigenvalue weighted by Crippen LogP contribution is -2.05. The molecule has 1 heterocycles. The Balaban J connectivity index is 2.08. The third-order valence-corrected chi connectivity index (χ3v) is 4.14. The van der Waals surface area contributed by atoms with Crippen molar-refractivity contribution in [2.24, 2.45) is 0 Å². The molecule has 0 bridgehead atoms. The number of nitrogens with one attached hydrogen (secondary N) is 1. The fourth-order valence-electron chi connectivity index (χ4n) is 2.51. The van der Waals surface area contributed by atoms with Gasteiger partial charge < -0.3 is 10.1 Å². The zero-order chi connectivity index (χ0) is 18.7. The second-order valence-corrected chi connectivity index (χ2v) is 6.28. The zero-order valence-corrected chi connectivity index (χ0v) is 15.3. The van der Waals surface area contributed by atoms with Gasteiger partial charge in [-0.2, -0.15) is 0 Å². The van der Waals surface area contributed by atoms with Gasteiger partial charge in [-0.3, -0.25) is 10.1 Å². The molecule has 0 saturated carbocycles. The summed E-state index contributed by atoms with van der Waals surface area (Å²) in [5.74, 6) is -0.450. The van der Waals surface area contributed by atoms with Crippen molar-refractivity contribution in [3.05, 3.63) is 68.8 Å². The monoisotopic (exact) mass is 415 g/mol. The van der Waals surface area contributed by atoms with E-state index in [1.54, 1.807) is 49.4 Å². The number of esters is 1. The van der Waals surface area contributed by atoms with Gasteiger partial charge >= 0.3 is 11.7 Å². The predicted octanol–water partition coefficient (Wildman–Crippen LogP) is 4.83. The number of carbonyl (C=O) groups excluding carboxylic acids is 1. The van der Waals surface area contributed by atoms with Crippen molar-refractivity contribution in [1.29, 1.82) is 0 Å². The molecule has 1 aromatic heterocycles. The number of hydrogen-bond acceptors (Lipinski definition) is 6. The van der Waals surface area contributed by atoms with E-state index in [0.717, 1.165) is 4.47 Å². The Labute approximate surface area is 157 Å². The van der Waals surface area contributed by atoms with Crippen LogP contribution in [0.15, 0.2) is 53.1 Å². The molecule has 2 aromatic carbocycles. The van der Waals surface area contributed by atoms with Crippen LogP contribution in [-0.2, 0) is 4.74 Å². The highest BCUT2D eigenvalue weighted by Crippen LogP contribution is 2.35. The third kappa shape index (κ3) is 3.65. The van der Waals surface area contributed by atoms with Crippen LogP contribution in [0.3, 0.4) is 0 Å². The first-order valence-electron chi connectivity index (χ1n) is 7.76. The fraction of sp³-hybridized carbons (Fsp3) is 0.111. The molecule has 3 rings (SSSR count). The van der Waals surface area contributed by atoms with Crippen molar-refractivity contribution in [2.75, 3.05) is 11.9 Å². The number of pyridine rings is 1. The van der Waals surface area contributed by atoms with Crippen molar-refractivity contribution >= 4 is 49.9 Å². The summed E-state index contributed by atoms with van der Waals surface area (Å²) < 4.78 is 5.81. The number of carbonyl (C=O) groups is 1. The van der Waals surface area contributed by atoms with Crippen LogP contribution in [-0.4, -0.2) is 22.5 Å². The van der Waals surface area contributed by atoms with Crippen molar-refractivity contribution in [1.82, 2.24) is 4.98 Å². The lowest BCUT2D eigenvalue weighted by molar-refractivity contribution is -0.384. The van der Waals surface area contributed by atoms with Gasteiger partial charge in [-0.05, 0) is 43.3 Å². The van der Waals surface area contributed by atoms with E-state index >= 15 is 0 Å². The Bertz CT molecular complexity index is 1010. The quantitative estimate of drug-likeness (QED) is 0.364. The van der Waals surface area contributed by atoms with E-state index in [1.165, 1.54) is 6.20 Å². The summed E-state index contributed by atoms with van der Waals surface area (Å²) in [6, 6.07) is 11.9. The Morgan fingerprint density at radius 2 is 2.12 bits per heavy atom. The number of aromatic nitrogens is 1. The van der Waals surface area contributed by atoms with Gasteiger partial charge in [-0.1, -0.05) is 22.0 Å². The molecule has 8 heteroatoms. The molecule has 0 unspecified atom stereocenters. The van der Waals surface area contributed by atoms with Crippen LogP contribution in [0.2, 0.25) is 0 Å². The van der Waals surface area contributed by atoms with E-state index in [4.69, 9.17) is 4.74 Å². The maximum absolute atomic E-state index is 11.9. The molecule has 7 nitrogen and oxygen atoms in total. The fourth-order valence-corrected chi connectivity index (χ4v) is 2.86. The maximum Gasteiger partial charge on any atom is 0.338 e. The number of fused-ring (bicyclic) bond motifs is 1. The van der Waals surface area contributed by atoms with Gasteiger partial charge in [0.25, 0.3) is 0 Å². The molecule has 0 aliphatic rings. The number of hydrogen-bond donors (Lipinski definition) is 1. The minimum absolute atomic E-state index is 0.152. The summed E-state index contributed by atoms with van der Waals surface area (Å²) in [4.78, 5) is 27.0. The molecule has 0 saturated heterocycles. The number of ether oxygens (including phenoxy) is 1. The molecule has 0 aliphatic carbocycles. The highest BCUT2D eigenvalue weighted by atomic mass is 79.9. The van der Waals surface area contributed by atoms with E-state index < -0.39 is 10.9 Å². The minimum Gasteiger partial charge on any atom is -0.462 e. The van der Waals surface area contributed by atoms with Gasteiger partial charge in [0.05, 0.1) is 22.6 Å². The van der Waals surface area contributed by atoms with E-state index in [0.29, 0.717) is 27.8 Å². The molecule has 26 heavy (non-hydrogen) atoms. The smallest absolute Gasteiger partial charge is 0.338 e. The second kappa shape index (κ2) is 7.49. The third-order valence-electron chi connectivity index (χ3n) is 3.65. The van der Waals surface area contributed by atoms with Crippen LogP contribution in [0.1, 0.15) is 17.3 Å². The molecule has 0 fully saturated rings. The van der Waals surface area contributed by atoms with Crippen molar-refractivity contribution < 1.29 is 14.5 Å². The summed E-state index contributed by atoms with van der Waals surface area (Å²) in [5, 5.41) is 15.1. The Morgan fingerprint density at radius 1 is 1.31 bits per heavy atom. The molecule has 0 aliphatic heterocycles. The maximum atomic E-state index is 11.9. The molecule has 1 N–H and O–H groups in total. The first-order valence-corrected chi connectivity index (χ1v) is 8.55. The minimum atomic E-state index is -0.494. The molecule has 0 radical (unpaired) electrons. The number of rotatable bonds is 5. The Morgan fingerprint density at radius 3 is 2.85 bits per heavy atom. The molecule has 3 aromatic rings. The Hall–Kier alpha value is -3.00. The van der Waals surface area contributed by atoms with Gasteiger partial charge in [0.1, 0.15) is 11.9 Å². The summed E-state index contributed by atoms with van der Waals surface area (Å²) in [5.41, 5.74) is 1.67. The van der Waals surface area contributed by atoms with E-state index in [2.05, 4.69) is 26.2 Å². The predicted molar refractivity (Wildman–Crippen MR) is 102 cm³/mol. The molecule has 0 spiro atoms. The van der Waals surface area contributed by atoms with Crippen molar-refractivity contribution in [3.63, 3.8) is 0 Å². The molecular weight excluding hydrogens is 402 g/mol. The van der Waals surface area contributed by atoms with Gasteiger partial charge in [0.2, 0.25) is 0 Å². The first kappa shape index (κ1) is 17.8. The number of benzene rings is 2. The molecule has 0 amide bonds. The zero-order valence-electron chi connectivity index (χ0n) is 13.7. The van der Waals surface area contributed by atoms with Crippen molar-refractivity contribution in [3.8, 4) is 0 Å². The number of nitro groups is 1. The number of nitrogens with zero attached hydrogens (tertiary/aromatic N) is 2. The summed E-state index contributed by atoms with van der Waals surface area (Å²) in [6.45, 7) is 2.00. The van der Waals surface area contributed by atoms with Crippen molar-refractivity contribution in [2.45, 2.75) is 6.92 Å². The Kier molecular flexibility index (Phi) is 5.13. The van der Waals surface area contributed by atoms with Crippen LogP contribution >= 0.6 is 15.9 Å². The van der Waals surface area contributed by atoms with E-state index in [1.807, 2.05) is 0 Å². The van der Waals surface area contributed by atoms with Gasteiger partial charge in [-0.15, -0.1) is 0 Å². The van der Waals surface area contributed by atoms with Crippen LogP contribution < -0.4 is 5.32 Å². The lowest BCUT2D eigenvalue weighted by Gasteiger charge is -2.11. The van der Waals surface area contributed by atoms with Crippen LogP contribution in [0.25, 0.3) is 10.9 Å². The molecule has 132 valence electrons. The first-order chi connectivity index (χ1) is 12.5. The topological polar surface area (TPSA) is 94.4 Å². The average molecular weight is 416 g/mol. The summed E-state index contributed by atoms with van der Waals surface area (Å²) in [6.07, 6.45) is 1.21.